The van der Waals surface area contributed by atoms with Gasteiger partial charge in [-0.15, -0.1) is 0 Å². The smallest absolute Gasteiger partial charge is 0.211 e. The maximum atomic E-state index is 11.3. The van der Waals surface area contributed by atoms with Crippen LogP contribution < -0.4 is 0 Å². The van der Waals surface area contributed by atoms with E-state index in [0.717, 1.165) is 19.6 Å². The number of rotatable bonds is 4. The fraction of sp³-hybridized carbons (Fsp3) is 1.00. The van der Waals surface area contributed by atoms with Crippen LogP contribution in [-0.2, 0) is 10.0 Å². The van der Waals surface area contributed by atoms with Gasteiger partial charge >= 0.3 is 0 Å². The van der Waals surface area contributed by atoms with Crippen LogP contribution in [0.1, 0.15) is 20.3 Å². The van der Waals surface area contributed by atoms with Crippen molar-refractivity contribution in [2.45, 2.75) is 20.3 Å². The van der Waals surface area contributed by atoms with Gasteiger partial charge in [0.05, 0.1) is 6.26 Å². The van der Waals surface area contributed by atoms with Gasteiger partial charge in [0, 0.05) is 32.7 Å². The normalized spacial score (nSPS) is 22.9. The zero-order valence-corrected chi connectivity index (χ0v) is 10.8. The minimum Gasteiger partial charge on any atom is -0.300 e. The lowest BCUT2D eigenvalue weighted by Gasteiger charge is -2.34. The number of hydrogen-bond acceptors (Lipinski definition) is 3. The second kappa shape index (κ2) is 5.27. The first-order chi connectivity index (χ1) is 6.93. The molecule has 0 aromatic carbocycles. The van der Waals surface area contributed by atoms with Crippen LogP contribution >= 0.6 is 0 Å². The Labute approximate surface area is 93.3 Å². The van der Waals surface area contributed by atoms with Crippen molar-refractivity contribution in [1.29, 1.82) is 0 Å². The highest BCUT2D eigenvalue weighted by Gasteiger charge is 2.23. The maximum Gasteiger partial charge on any atom is 0.211 e. The first-order valence-electron chi connectivity index (χ1n) is 5.61. The summed E-state index contributed by atoms with van der Waals surface area (Å²) in [5.74, 6) is 0.704. The van der Waals surface area contributed by atoms with Crippen molar-refractivity contribution in [1.82, 2.24) is 9.21 Å². The topological polar surface area (TPSA) is 40.6 Å². The van der Waals surface area contributed by atoms with Gasteiger partial charge in [-0.2, -0.15) is 4.31 Å². The molecule has 0 saturated carbocycles. The Balaban J connectivity index is 2.36. The largest absolute Gasteiger partial charge is 0.300 e. The molecule has 1 rings (SSSR count). The van der Waals surface area contributed by atoms with E-state index < -0.39 is 10.0 Å². The van der Waals surface area contributed by atoms with Crippen molar-refractivity contribution in [3.05, 3.63) is 0 Å². The molecule has 1 aliphatic heterocycles. The van der Waals surface area contributed by atoms with Crippen molar-refractivity contribution < 1.29 is 8.42 Å². The van der Waals surface area contributed by atoms with E-state index >= 15 is 0 Å². The summed E-state index contributed by atoms with van der Waals surface area (Å²) in [6.07, 6.45) is 2.48. The average molecular weight is 234 g/mol. The minimum absolute atomic E-state index is 0.648. The van der Waals surface area contributed by atoms with Crippen molar-refractivity contribution >= 4 is 10.0 Å². The van der Waals surface area contributed by atoms with Gasteiger partial charge < -0.3 is 4.90 Å². The van der Waals surface area contributed by atoms with E-state index in [9.17, 15) is 8.42 Å². The van der Waals surface area contributed by atoms with Crippen LogP contribution in [0.25, 0.3) is 0 Å². The summed E-state index contributed by atoms with van der Waals surface area (Å²) in [5.41, 5.74) is 0. The Kier molecular flexibility index (Phi) is 4.55. The van der Waals surface area contributed by atoms with E-state index in [2.05, 4.69) is 18.7 Å². The fourth-order valence-corrected chi connectivity index (χ4v) is 2.64. The highest BCUT2D eigenvalue weighted by Crippen LogP contribution is 2.09. The molecule has 0 spiro atoms. The van der Waals surface area contributed by atoms with E-state index in [4.69, 9.17) is 0 Å². The van der Waals surface area contributed by atoms with Crippen LogP contribution in [0.5, 0.6) is 0 Å². The highest BCUT2D eigenvalue weighted by atomic mass is 32.2. The summed E-state index contributed by atoms with van der Waals surface area (Å²) in [6, 6.07) is 0. The Bertz CT molecular complexity index is 282. The van der Waals surface area contributed by atoms with E-state index in [-0.39, 0.29) is 0 Å². The SMILES string of the molecule is CCC(C)CN1CCN(S(C)(=O)=O)CC1. The molecular weight excluding hydrogens is 212 g/mol. The predicted molar refractivity (Wildman–Crippen MR) is 62.3 cm³/mol. The van der Waals surface area contributed by atoms with Crippen molar-refractivity contribution in [2.24, 2.45) is 5.92 Å². The summed E-state index contributed by atoms with van der Waals surface area (Å²) in [5, 5.41) is 0. The molecule has 1 aliphatic rings. The van der Waals surface area contributed by atoms with Gasteiger partial charge in [-0.05, 0) is 5.92 Å². The molecule has 0 aliphatic carbocycles. The number of nitrogens with zero attached hydrogens (tertiary/aromatic N) is 2. The van der Waals surface area contributed by atoms with E-state index in [1.807, 2.05) is 0 Å². The molecule has 1 heterocycles. The zero-order chi connectivity index (χ0) is 11.5. The summed E-state index contributed by atoms with van der Waals surface area (Å²) in [4.78, 5) is 2.36. The number of hydrogen-bond donors (Lipinski definition) is 0. The summed E-state index contributed by atoms with van der Waals surface area (Å²) in [7, 11) is -2.98. The molecule has 0 bridgehead atoms. The lowest BCUT2D eigenvalue weighted by Crippen LogP contribution is -2.49. The van der Waals surface area contributed by atoms with Gasteiger partial charge in [-0.25, -0.2) is 8.42 Å². The number of piperazine rings is 1. The third-order valence-corrected chi connectivity index (χ3v) is 4.37. The van der Waals surface area contributed by atoms with Crippen LogP contribution in [0.2, 0.25) is 0 Å². The van der Waals surface area contributed by atoms with E-state index in [1.54, 1.807) is 4.31 Å². The molecule has 0 amide bonds. The molecule has 15 heavy (non-hydrogen) atoms. The molecule has 1 fully saturated rings. The fourth-order valence-electron chi connectivity index (χ4n) is 1.81. The lowest BCUT2D eigenvalue weighted by atomic mass is 10.1. The third-order valence-electron chi connectivity index (χ3n) is 3.07. The first-order valence-corrected chi connectivity index (χ1v) is 7.45. The van der Waals surface area contributed by atoms with Gasteiger partial charge in [0.1, 0.15) is 0 Å². The van der Waals surface area contributed by atoms with Crippen LogP contribution in [-0.4, -0.2) is 56.6 Å². The minimum atomic E-state index is -2.98. The van der Waals surface area contributed by atoms with Gasteiger partial charge in [0.2, 0.25) is 10.0 Å². The van der Waals surface area contributed by atoms with Crippen molar-refractivity contribution in [2.75, 3.05) is 39.0 Å². The second-order valence-corrected chi connectivity index (χ2v) is 6.46. The van der Waals surface area contributed by atoms with Gasteiger partial charge in [0.25, 0.3) is 0 Å². The molecule has 1 unspecified atom stereocenters. The summed E-state index contributed by atoms with van der Waals surface area (Å²) in [6.45, 7) is 8.56. The predicted octanol–water partition coefficient (Wildman–Crippen LogP) is 0.610. The second-order valence-electron chi connectivity index (χ2n) is 4.48. The van der Waals surface area contributed by atoms with Crippen molar-refractivity contribution in [3.8, 4) is 0 Å². The molecule has 90 valence electrons. The Morgan fingerprint density at radius 1 is 1.20 bits per heavy atom. The molecule has 1 saturated heterocycles. The molecule has 0 aromatic heterocycles. The van der Waals surface area contributed by atoms with Crippen LogP contribution in [0.15, 0.2) is 0 Å². The van der Waals surface area contributed by atoms with Crippen LogP contribution in [0.3, 0.4) is 0 Å². The standard InChI is InChI=1S/C10H22N2O2S/c1-4-10(2)9-11-5-7-12(8-6-11)15(3,13)14/h10H,4-9H2,1-3H3. The molecule has 1 atom stereocenters. The van der Waals surface area contributed by atoms with E-state index in [0.29, 0.717) is 19.0 Å². The van der Waals surface area contributed by atoms with E-state index in [1.165, 1.54) is 12.7 Å². The quantitative estimate of drug-likeness (QED) is 0.715. The molecule has 0 aromatic rings. The van der Waals surface area contributed by atoms with Gasteiger partial charge in [-0.1, -0.05) is 20.3 Å². The summed E-state index contributed by atoms with van der Waals surface area (Å²) < 4.78 is 24.1. The van der Waals surface area contributed by atoms with Gasteiger partial charge in [0.15, 0.2) is 0 Å². The zero-order valence-electron chi connectivity index (χ0n) is 9.94. The maximum absolute atomic E-state index is 11.3. The Morgan fingerprint density at radius 2 is 1.73 bits per heavy atom. The van der Waals surface area contributed by atoms with Crippen LogP contribution in [0, 0.1) is 5.92 Å². The molecule has 4 nitrogen and oxygen atoms in total. The lowest BCUT2D eigenvalue weighted by molar-refractivity contribution is 0.167. The Hall–Kier alpha value is -0.130. The molecule has 0 N–H and O–H groups in total. The Morgan fingerprint density at radius 3 is 2.13 bits per heavy atom. The average Bonchev–Trinajstić information content (AvgIpc) is 2.17. The van der Waals surface area contributed by atoms with Crippen molar-refractivity contribution in [3.63, 3.8) is 0 Å². The molecule has 5 heteroatoms. The van der Waals surface area contributed by atoms with Gasteiger partial charge in [-0.3, -0.25) is 0 Å². The third kappa shape index (κ3) is 4.09. The first kappa shape index (κ1) is 12.9. The molecular formula is C10H22N2O2S. The molecule has 0 radical (unpaired) electrons. The highest BCUT2D eigenvalue weighted by molar-refractivity contribution is 7.88. The summed E-state index contributed by atoms with van der Waals surface area (Å²) >= 11 is 0. The monoisotopic (exact) mass is 234 g/mol. The number of sulfonamides is 1. The van der Waals surface area contributed by atoms with Crippen LogP contribution in [0.4, 0.5) is 0 Å².